The summed E-state index contributed by atoms with van der Waals surface area (Å²) in [6, 6.07) is 13.8. The molecule has 0 radical (unpaired) electrons. The minimum absolute atomic E-state index is 0.185. The van der Waals surface area contributed by atoms with Crippen molar-refractivity contribution in [1.82, 2.24) is 10.6 Å². The molecule has 0 saturated carbocycles. The molecule has 0 aliphatic carbocycles. The van der Waals surface area contributed by atoms with Gasteiger partial charge in [-0.2, -0.15) is 0 Å². The average molecular weight is 302 g/mol. The van der Waals surface area contributed by atoms with E-state index >= 15 is 0 Å². The zero-order valence-corrected chi connectivity index (χ0v) is 12.4. The van der Waals surface area contributed by atoms with Gasteiger partial charge in [-0.1, -0.05) is 42.0 Å². The van der Waals surface area contributed by atoms with E-state index in [0.29, 0.717) is 13.1 Å². The Labute approximate surface area is 129 Å². The predicted octanol–water partition coefficient (Wildman–Crippen LogP) is 3.01. The summed E-state index contributed by atoms with van der Waals surface area (Å²) in [6.07, 6.45) is 0. The smallest absolute Gasteiger partial charge is 0.315 e. The highest BCUT2D eigenvalue weighted by Crippen LogP contribution is 2.14. The van der Waals surface area contributed by atoms with Gasteiger partial charge in [0.2, 0.25) is 0 Å². The van der Waals surface area contributed by atoms with E-state index in [2.05, 4.69) is 10.6 Å². The van der Waals surface area contributed by atoms with Gasteiger partial charge in [0.15, 0.2) is 11.6 Å². The van der Waals surface area contributed by atoms with E-state index in [9.17, 15) is 9.18 Å². The lowest BCUT2D eigenvalue weighted by Gasteiger charge is -2.09. The van der Waals surface area contributed by atoms with E-state index < -0.39 is 5.82 Å². The van der Waals surface area contributed by atoms with Crippen LogP contribution in [0, 0.1) is 12.7 Å². The van der Waals surface area contributed by atoms with Crippen molar-refractivity contribution in [2.45, 2.75) is 13.5 Å². The maximum absolute atomic E-state index is 13.3. The molecule has 0 unspecified atom stereocenters. The van der Waals surface area contributed by atoms with Crippen LogP contribution >= 0.6 is 0 Å². The SMILES string of the molecule is Cc1ccc(CNC(=O)NCCOc2ccccc2F)cc1. The van der Waals surface area contributed by atoms with Crippen molar-refractivity contribution in [1.29, 1.82) is 0 Å². The molecule has 0 heterocycles. The third kappa shape index (κ3) is 5.09. The number of aryl methyl sites for hydroxylation is 1. The Morgan fingerprint density at radius 1 is 1.09 bits per heavy atom. The van der Waals surface area contributed by atoms with Gasteiger partial charge in [0, 0.05) is 6.54 Å². The van der Waals surface area contributed by atoms with Gasteiger partial charge in [0.1, 0.15) is 6.61 Å². The standard InChI is InChI=1S/C17H19FN2O2/c1-13-6-8-14(9-7-13)12-20-17(21)19-10-11-22-16-5-3-2-4-15(16)18/h2-9H,10-12H2,1H3,(H2,19,20,21). The molecular weight excluding hydrogens is 283 g/mol. The number of rotatable bonds is 6. The normalized spacial score (nSPS) is 10.1. The fourth-order valence-corrected chi connectivity index (χ4v) is 1.84. The number of hydrogen-bond donors (Lipinski definition) is 2. The number of benzene rings is 2. The first-order valence-corrected chi connectivity index (χ1v) is 7.10. The van der Waals surface area contributed by atoms with E-state index in [1.807, 2.05) is 31.2 Å². The lowest BCUT2D eigenvalue weighted by molar-refractivity contribution is 0.235. The van der Waals surface area contributed by atoms with Crippen LogP contribution in [0.15, 0.2) is 48.5 Å². The molecule has 2 N–H and O–H groups in total. The summed E-state index contributed by atoms with van der Waals surface area (Å²) in [5, 5.41) is 5.41. The van der Waals surface area contributed by atoms with Crippen molar-refractivity contribution in [3.05, 3.63) is 65.5 Å². The number of urea groups is 1. The first-order chi connectivity index (χ1) is 10.6. The van der Waals surface area contributed by atoms with Gasteiger partial charge < -0.3 is 15.4 Å². The van der Waals surface area contributed by atoms with Gasteiger partial charge in [-0.3, -0.25) is 0 Å². The number of hydrogen-bond acceptors (Lipinski definition) is 2. The fourth-order valence-electron chi connectivity index (χ4n) is 1.84. The highest BCUT2D eigenvalue weighted by molar-refractivity contribution is 5.73. The number of halogens is 1. The molecule has 0 atom stereocenters. The van der Waals surface area contributed by atoms with Gasteiger partial charge in [0.05, 0.1) is 6.54 Å². The minimum Gasteiger partial charge on any atom is -0.489 e. The van der Waals surface area contributed by atoms with Crippen LogP contribution in [-0.4, -0.2) is 19.2 Å². The van der Waals surface area contributed by atoms with E-state index in [1.54, 1.807) is 18.2 Å². The summed E-state index contributed by atoms with van der Waals surface area (Å²) in [4.78, 5) is 11.6. The summed E-state index contributed by atoms with van der Waals surface area (Å²) in [5.74, 6) is -0.226. The molecule has 116 valence electrons. The van der Waals surface area contributed by atoms with E-state index in [1.165, 1.54) is 11.6 Å². The molecule has 4 nitrogen and oxygen atoms in total. The second-order valence-electron chi connectivity index (χ2n) is 4.87. The van der Waals surface area contributed by atoms with Crippen LogP contribution < -0.4 is 15.4 Å². The van der Waals surface area contributed by atoms with Crippen LogP contribution in [0.3, 0.4) is 0 Å². The molecule has 2 aromatic rings. The van der Waals surface area contributed by atoms with E-state index in [-0.39, 0.29) is 18.4 Å². The van der Waals surface area contributed by atoms with Gasteiger partial charge in [0.25, 0.3) is 0 Å². The number of amides is 2. The molecule has 0 fully saturated rings. The van der Waals surface area contributed by atoms with Crippen molar-refractivity contribution in [3.8, 4) is 5.75 Å². The molecule has 5 heteroatoms. The highest BCUT2D eigenvalue weighted by Gasteiger charge is 2.02. The predicted molar refractivity (Wildman–Crippen MR) is 83.3 cm³/mol. The van der Waals surface area contributed by atoms with Crippen LogP contribution in [0.2, 0.25) is 0 Å². The van der Waals surface area contributed by atoms with Crippen LogP contribution in [0.25, 0.3) is 0 Å². The zero-order valence-electron chi connectivity index (χ0n) is 12.4. The van der Waals surface area contributed by atoms with Crippen LogP contribution in [0.5, 0.6) is 5.75 Å². The molecule has 2 rings (SSSR count). The minimum atomic E-state index is -0.411. The Morgan fingerprint density at radius 3 is 2.55 bits per heavy atom. The molecular formula is C17H19FN2O2. The van der Waals surface area contributed by atoms with Gasteiger partial charge in [-0.25, -0.2) is 9.18 Å². The maximum atomic E-state index is 13.3. The molecule has 0 saturated heterocycles. The van der Waals surface area contributed by atoms with Gasteiger partial charge in [-0.15, -0.1) is 0 Å². The Hall–Kier alpha value is -2.56. The third-order valence-electron chi connectivity index (χ3n) is 3.06. The second-order valence-corrected chi connectivity index (χ2v) is 4.87. The van der Waals surface area contributed by atoms with Crippen molar-refractivity contribution in [2.24, 2.45) is 0 Å². The van der Waals surface area contributed by atoms with E-state index in [0.717, 1.165) is 5.56 Å². The number of carbonyl (C=O) groups is 1. The van der Waals surface area contributed by atoms with Crippen LogP contribution in [-0.2, 0) is 6.54 Å². The quantitative estimate of drug-likeness (QED) is 0.806. The van der Waals surface area contributed by atoms with Gasteiger partial charge in [-0.05, 0) is 24.6 Å². The molecule has 0 aromatic heterocycles. The Morgan fingerprint density at radius 2 is 1.82 bits per heavy atom. The molecule has 0 bridgehead atoms. The van der Waals surface area contributed by atoms with Crippen molar-refractivity contribution in [2.75, 3.05) is 13.2 Å². The lowest BCUT2D eigenvalue weighted by Crippen LogP contribution is -2.37. The third-order valence-corrected chi connectivity index (χ3v) is 3.06. The van der Waals surface area contributed by atoms with Gasteiger partial charge >= 0.3 is 6.03 Å². The first kappa shape index (κ1) is 15.8. The average Bonchev–Trinajstić information content (AvgIpc) is 2.52. The van der Waals surface area contributed by atoms with Crippen LogP contribution in [0.1, 0.15) is 11.1 Å². The summed E-state index contributed by atoms with van der Waals surface area (Å²) in [5.41, 5.74) is 2.21. The summed E-state index contributed by atoms with van der Waals surface area (Å²) >= 11 is 0. The van der Waals surface area contributed by atoms with Crippen LogP contribution in [0.4, 0.5) is 9.18 Å². The Kier molecular flexibility index (Phi) is 5.77. The molecule has 22 heavy (non-hydrogen) atoms. The molecule has 2 aromatic carbocycles. The molecule has 0 aliphatic heterocycles. The maximum Gasteiger partial charge on any atom is 0.315 e. The lowest BCUT2D eigenvalue weighted by atomic mass is 10.1. The molecule has 0 spiro atoms. The monoisotopic (exact) mass is 302 g/mol. The topological polar surface area (TPSA) is 50.4 Å². The Balaban J connectivity index is 1.64. The highest BCUT2D eigenvalue weighted by atomic mass is 19.1. The van der Waals surface area contributed by atoms with Crippen molar-refractivity contribution in [3.63, 3.8) is 0 Å². The molecule has 0 aliphatic rings. The van der Waals surface area contributed by atoms with Crippen molar-refractivity contribution < 1.29 is 13.9 Å². The Bertz CT molecular complexity index is 614. The van der Waals surface area contributed by atoms with E-state index in [4.69, 9.17) is 4.74 Å². The zero-order chi connectivity index (χ0) is 15.8. The largest absolute Gasteiger partial charge is 0.489 e. The summed E-state index contributed by atoms with van der Waals surface area (Å²) < 4.78 is 18.5. The number of para-hydroxylation sites is 1. The fraction of sp³-hybridized carbons (Fsp3) is 0.235. The molecule has 2 amide bonds. The summed E-state index contributed by atoms with van der Waals surface area (Å²) in [7, 11) is 0. The second kappa shape index (κ2) is 8.02. The first-order valence-electron chi connectivity index (χ1n) is 7.10. The number of nitrogens with one attached hydrogen (secondary N) is 2. The summed E-state index contributed by atoms with van der Waals surface area (Å²) in [6.45, 7) is 2.98. The van der Waals surface area contributed by atoms with Crippen molar-refractivity contribution >= 4 is 6.03 Å². The number of carbonyl (C=O) groups excluding carboxylic acids is 1. The number of ether oxygens (including phenoxy) is 1.